The number of nitrogens with zero attached hydrogens (tertiary/aromatic N) is 10. The molecule has 0 bridgehead atoms. The van der Waals surface area contributed by atoms with Crippen LogP contribution in [0, 0.1) is 36.5 Å². The minimum absolute atomic E-state index is 0.220. The number of aryl methyl sites for hydroxylation is 2. The molecule has 4 amide bonds. The zero-order chi connectivity index (χ0) is 68.5. The molecule has 4 aromatic carbocycles. The molecule has 0 radical (unpaired) electrons. The van der Waals surface area contributed by atoms with E-state index in [9.17, 15) is 39.3 Å². The molecule has 0 aliphatic carbocycles. The van der Waals surface area contributed by atoms with Gasteiger partial charge in [0, 0.05) is 40.9 Å². The fourth-order valence-electron chi connectivity index (χ4n) is 8.41. The zero-order valence-corrected chi connectivity index (χ0v) is 57.0. The molecule has 12 aromatic rings. The molecule has 95 heavy (non-hydrogen) atoms. The van der Waals surface area contributed by atoms with Gasteiger partial charge in [-0.15, -0.1) is 45.3 Å². The number of carbonyl (C=O) groups is 6. The smallest absolute Gasteiger partial charge is 0.346 e. The van der Waals surface area contributed by atoms with Crippen molar-refractivity contribution in [1.82, 2.24) is 39.9 Å². The van der Waals surface area contributed by atoms with Crippen LogP contribution in [0.1, 0.15) is 109 Å². The predicted octanol–water partition coefficient (Wildman–Crippen LogP) is 16.1. The van der Waals surface area contributed by atoms with Crippen molar-refractivity contribution in [3.05, 3.63) is 202 Å². The third-order valence-electron chi connectivity index (χ3n) is 13.7. The Morgan fingerprint density at radius 3 is 1.23 bits per heavy atom. The summed E-state index contributed by atoms with van der Waals surface area (Å²) in [5.74, 6) is -1.54. The topological polar surface area (TPSA) is 333 Å². The Morgan fingerprint density at radius 2 is 0.842 bits per heavy atom. The van der Waals surface area contributed by atoms with E-state index in [1.165, 1.54) is 58.7 Å². The van der Waals surface area contributed by atoms with E-state index in [1.807, 2.05) is 38.1 Å². The van der Waals surface area contributed by atoms with Crippen LogP contribution in [0.4, 0.5) is 28.6 Å². The molecular formula is C65H49Cl4N15O7S4. The lowest BCUT2D eigenvalue weighted by Crippen LogP contribution is -2.17. The van der Waals surface area contributed by atoms with Crippen molar-refractivity contribution in [3.8, 4) is 12.1 Å². The minimum Gasteiger partial charge on any atom is -0.477 e. The van der Waals surface area contributed by atoms with Gasteiger partial charge in [0.05, 0.1) is 62.4 Å². The number of hydrogen-bond donors (Lipinski definition) is 6. The first-order valence-corrected chi connectivity index (χ1v) is 32.6. The summed E-state index contributed by atoms with van der Waals surface area (Å²) in [4.78, 5) is 110. The first kappa shape index (κ1) is 69.3. The number of nitrogens with one attached hydrogen (secondary N) is 5. The van der Waals surface area contributed by atoms with Crippen LogP contribution in [0.5, 0.6) is 0 Å². The van der Waals surface area contributed by atoms with Crippen LogP contribution >= 0.6 is 91.8 Å². The highest BCUT2D eigenvalue weighted by Gasteiger charge is 2.24. The molecule has 478 valence electrons. The summed E-state index contributed by atoms with van der Waals surface area (Å²) in [6.07, 6.45) is 5.87. The highest BCUT2D eigenvalue weighted by molar-refractivity contribution is 7.22. The van der Waals surface area contributed by atoms with Gasteiger partial charge in [0.25, 0.3) is 28.9 Å². The Labute approximate surface area is 577 Å². The van der Waals surface area contributed by atoms with Gasteiger partial charge in [0.2, 0.25) is 0 Å². The van der Waals surface area contributed by atoms with E-state index in [2.05, 4.69) is 78.6 Å². The molecule has 22 nitrogen and oxygen atoms in total. The Hall–Kier alpha value is -10.0. The third kappa shape index (κ3) is 17.4. The molecule has 0 atom stereocenters. The summed E-state index contributed by atoms with van der Waals surface area (Å²) in [5.41, 5.74) is 7.36. The number of carboxylic acids is 1. The molecule has 0 saturated heterocycles. The van der Waals surface area contributed by atoms with Gasteiger partial charge in [-0.1, -0.05) is 71.2 Å². The number of amides is 4. The molecule has 6 N–H and O–H groups in total. The molecule has 8 heterocycles. The lowest BCUT2D eigenvalue weighted by molar-refractivity contribution is 0.0701. The fourth-order valence-corrected chi connectivity index (χ4v) is 12.5. The maximum absolute atomic E-state index is 12.9. The molecular weight excluding hydrogens is 1370 g/mol. The number of carbonyl (C=O) groups excluding carboxylic acids is 5. The van der Waals surface area contributed by atoms with Gasteiger partial charge in [-0.3, -0.25) is 38.9 Å². The van der Waals surface area contributed by atoms with Crippen molar-refractivity contribution in [2.24, 2.45) is 0 Å². The SMILES string of the molecule is CNc1cnc2cc(C(=O)Nc3cc(NC(=O)c4cccc(C(C)(C)C#N)c4)ccc3C)sc2n1.Cc1ccc(NC(=O)c2cccc(C(C)(C)C#N)c2)cc1NC(=O)c1cc2ncc(Cl)nc2s1.O=C(Cl)c1cc2ncc(Cl)nc2s1.O=C(O)c1cc2ncc(Cl)nc2s1. The molecule has 8 aromatic heterocycles. The fraction of sp³-hybridized carbons (Fsp3) is 0.138. The molecule has 0 spiro atoms. The standard InChI is InChI=1S/C26H24N6O2S.C25H20ClN5O2S.C7H2Cl2N2OS.C7H3ClN2O2S/c1-15-8-9-18(30-23(33)16-6-5-7-17(10-16)26(2,3)14-27)11-19(15)31-24(34)21-12-20-25(35-21)32-22(28-4)13-29-20;1-14-7-8-17(29-22(32)15-5-4-6-16(9-15)25(2,3)13-27)10-18(14)30-23(33)20-11-19-24(34-20)31-21(26)12-28-19;8-5-2-10-3-1-4(6(9)12)13-7(3)11-5;8-5-2-9-3-1-4(7(11)12)13-6(3)10-5/h5-13H,1-4H3,(H,28,32)(H,30,33)(H,31,34);4-12H,1-3H3,(H,29,32)(H,30,33);1-2H;1-2H,(H,11,12). The van der Waals surface area contributed by atoms with Crippen LogP contribution in [-0.2, 0) is 10.8 Å². The van der Waals surface area contributed by atoms with E-state index in [0.29, 0.717) is 101 Å². The number of fused-ring (bicyclic) bond motifs is 4. The molecule has 30 heteroatoms. The van der Waals surface area contributed by atoms with Gasteiger partial charge in [-0.2, -0.15) is 10.5 Å². The summed E-state index contributed by atoms with van der Waals surface area (Å²) < 4.78 is 0. The van der Waals surface area contributed by atoms with Gasteiger partial charge >= 0.3 is 5.97 Å². The van der Waals surface area contributed by atoms with Crippen molar-refractivity contribution < 1.29 is 33.9 Å². The molecule has 0 fully saturated rings. The highest BCUT2D eigenvalue weighted by atomic mass is 35.5. The third-order valence-corrected chi connectivity index (χ3v) is 18.6. The van der Waals surface area contributed by atoms with E-state index in [1.54, 1.807) is 120 Å². The number of aromatic nitrogens is 8. The second kappa shape index (κ2) is 30.0. The van der Waals surface area contributed by atoms with Crippen molar-refractivity contribution in [1.29, 1.82) is 10.5 Å². The van der Waals surface area contributed by atoms with E-state index >= 15 is 0 Å². The summed E-state index contributed by atoms with van der Waals surface area (Å²) in [6.45, 7) is 11.0. The second-order valence-electron chi connectivity index (χ2n) is 21.4. The van der Waals surface area contributed by atoms with Crippen molar-refractivity contribution in [2.45, 2.75) is 52.4 Å². The summed E-state index contributed by atoms with van der Waals surface area (Å²) >= 11 is 27.1. The van der Waals surface area contributed by atoms with Gasteiger partial charge in [-0.25, -0.2) is 29.7 Å². The van der Waals surface area contributed by atoms with Crippen molar-refractivity contribution >= 4 is 197 Å². The summed E-state index contributed by atoms with van der Waals surface area (Å²) in [5, 5.41) is 42.3. The number of rotatable bonds is 13. The monoisotopic (exact) mass is 1420 g/mol. The van der Waals surface area contributed by atoms with Crippen LogP contribution < -0.4 is 26.6 Å². The quantitative estimate of drug-likeness (QED) is 0.0584. The van der Waals surface area contributed by atoms with Crippen LogP contribution in [-0.4, -0.2) is 86.9 Å². The second-order valence-corrected chi connectivity index (χ2v) is 27.0. The molecule has 0 aliphatic heterocycles. The molecule has 0 saturated carbocycles. The van der Waals surface area contributed by atoms with Crippen LogP contribution in [0.15, 0.2) is 134 Å². The first-order chi connectivity index (χ1) is 45.2. The van der Waals surface area contributed by atoms with E-state index in [-0.39, 0.29) is 38.8 Å². The van der Waals surface area contributed by atoms with Gasteiger partial charge in [0.15, 0.2) is 0 Å². The van der Waals surface area contributed by atoms with Gasteiger partial charge in [0.1, 0.15) is 67.5 Å². The lowest BCUT2D eigenvalue weighted by Gasteiger charge is -2.17. The average Bonchev–Trinajstić information content (AvgIpc) is 1.84. The average molecular weight is 1420 g/mol. The predicted molar refractivity (Wildman–Crippen MR) is 376 cm³/mol. The van der Waals surface area contributed by atoms with E-state index in [0.717, 1.165) is 33.6 Å². The number of anilines is 5. The Balaban J connectivity index is 0.000000163. The summed E-state index contributed by atoms with van der Waals surface area (Å²) in [7, 11) is 1.76. The number of thiophene rings is 4. The number of halogens is 4. The van der Waals surface area contributed by atoms with Crippen molar-refractivity contribution in [3.63, 3.8) is 0 Å². The van der Waals surface area contributed by atoms with Crippen molar-refractivity contribution in [2.75, 3.05) is 33.6 Å². The number of carboxylic acid groups (broad SMARTS) is 1. The number of nitriles is 2. The Kier molecular flexibility index (Phi) is 21.9. The van der Waals surface area contributed by atoms with Gasteiger partial charge < -0.3 is 31.7 Å². The Bertz CT molecular complexity index is 5010. The lowest BCUT2D eigenvalue weighted by atomic mass is 9.85. The number of benzene rings is 4. The Morgan fingerprint density at radius 1 is 0.474 bits per heavy atom. The molecule has 0 unspecified atom stereocenters. The maximum atomic E-state index is 12.9. The van der Waals surface area contributed by atoms with Gasteiger partial charge in [-0.05, 0) is 148 Å². The minimum atomic E-state index is -0.971. The number of aromatic carboxylic acids is 1. The van der Waals surface area contributed by atoms with E-state index in [4.69, 9.17) is 51.5 Å². The summed E-state index contributed by atoms with van der Waals surface area (Å²) in [6, 6.07) is 35.5. The highest BCUT2D eigenvalue weighted by Crippen LogP contribution is 2.32. The van der Waals surface area contributed by atoms with E-state index < -0.39 is 22.0 Å². The van der Waals surface area contributed by atoms with Crippen LogP contribution in [0.2, 0.25) is 15.5 Å². The maximum Gasteiger partial charge on any atom is 0.346 e. The molecule has 12 rings (SSSR count). The number of hydrogen-bond acceptors (Lipinski definition) is 21. The molecule has 0 aliphatic rings. The van der Waals surface area contributed by atoms with Crippen LogP contribution in [0.25, 0.3) is 41.4 Å². The van der Waals surface area contributed by atoms with Crippen LogP contribution in [0.3, 0.4) is 0 Å². The first-order valence-electron chi connectivity index (χ1n) is 27.8. The zero-order valence-electron chi connectivity index (χ0n) is 50.7. The largest absolute Gasteiger partial charge is 0.477 e. The normalized spacial score (nSPS) is 11.0.